The van der Waals surface area contributed by atoms with Crippen molar-refractivity contribution in [2.75, 3.05) is 6.54 Å². The Morgan fingerprint density at radius 2 is 1.82 bits per heavy atom. The van der Waals surface area contributed by atoms with Crippen LogP contribution in [0.1, 0.15) is 11.6 Å². The maximum Gasteiger partial charge on any atom is 0.163 e. The van der Waals surface area contributed by atoms with Gasteiger partial charge in [-0.15, -0.1) is 5.10 Å². The molecule has 0 aliphatic carbocycles. The molecule has 140 valence electrons. The van der Waals surface area contributed by atoms with Crippen molar-refractivity contribution in [3.05, 3.63) is 78.8 Å². The van der Waals surface area contributed by atoms with Crippen molar-refractivity contribution >= 4 is 5.78 Å². The third-order valence-corrected chi connectivity index (χ3v) is 4.66. The number of carbonyl (C=O) groups excluding carboxylic acids is 1. The summed E-state index contributed by atoms with van der Waals surface area (Å²) in [7, 11) is 0. The number of nitrogens with one attached hydrogen (secondary N) is 1. The predicted molar refractivity (Wildman–Crippen MR) is 106 cm³/mol. The van der Waals surface area contributed by atoms with Crippen LogP contribution in [0.15, 0.2) is 73.2 Å². The molecule has 0 spiro atoms. The highest BCUT2D eigenvalue weighted by molar-refractivity contribution is 5.85. The van der Waals surface area contributed by atoms with Gasteiger partial charge in [0.05, 0.1) is 12.4 Å². The van der Waals surface area contributed by atoms with Gasteiger partial charge in [-0.3, -0.25) is 9.89 Å². The lowest BCUT2D eigenvalue weighted by atomic mass is 10.0. The first kappa shape index (κ1) is 17.8. The Balaban J connectivity index is 1.48. The monoisotopic (exact) mass is 372 g/mol. The minimum absolute atomic E-state index is 0.00285. The summed E-state index contributed by atoms with van der Waals surface area (Å²) in [4.78, 5) is 12.8. The number of carbonyl (C=O) groups is 1. The van der Waals surface area contributed by atoms with E-state index in [0.717, 1.165) is 27.9 Å². The third-order valence-electron chi connectivity index (χ3n) is 4.66. The van der Waals surface area contributed by atoms with E-state index in [-0.39, 0.29) is 18.7 Å². The molecule has 28 heavy (non-hydrogen) atoms. The maximum absolute atomic E-state index is 12.8. The van der Waals surface area contributed by atoms with E-state index in [0.29, 0.717) is 0 Å². The van der Waals surface area contributed by atoms with Gasteiger partial charge in [0.2, 0.25) is 0 Å². The molecule has 0 aliphatic heterocycles. The number of benzene rings is 2. The molecule has 2 aromatic carbocycles. The highest BCUT2D eigenvalue weighted by Gasteiger charge is 2.21. The van der Waals surface area contributed by atoms with Gasteiger partial charge in [0.1, 0.15) is 11.7 Å². The van der Waals surface area contributed by atoms with Crippen LogP contribution >= 0.6 is 0 Å². The van der Waals surface area contributed by atoms with E-state index >= 15 is 0 Å². The predicted octanol–water partition coefficient (Wildman–Crippen LogP) is 2.65. The Kier molecular flexibility index (Phi) is 5.07. The molecule has 4 aromatic rings. The van der Waals surface area contributed by atoms with Crippen molar-refractivity contribution in [2.24, 2.45) is 5.73 Å². The number of H-pyrrole nitrogens is 1. The van der Waals surface area contributed by atoms with Crippen molar-refractivity contribution in [3.8, 4) is 22.4 Å². The molecule has 0 saturated carbocycles. The van der Waals surface area contributed by atoms with Gasteiger partial charge in [0.25, 0.3) is 0 Å². The number of hydrogen-bond acceptors (Lipinski definition) is 5. The average Bonchev–Trinajstić information content (AvgIpc) is 3.42. The first-order valence-corrected chi connectivity index (χ1v) is 9.02. The summed E-state index contributed by atoms with van der Waals surface area (Å²) in [5, 5.41) is 15.1. The summed E-state index contributed by atoms with van der Waals surface area (Å²) in [6.07, 6.45) is 5.65. The van der Waals surface area contributed by atoms with Crippen LogP contribution in [0.5, 0.6) is 0 Å². The summed E-state index contributed by atoms with van der Waals surface area (Å²) in [5.74, 6) is 0.00285. The number of aromatic amines is 1. The lowest BCUT2D eigenvalue weighted by Crippen LogP contribution is -2.29. The molecule has 1 atom stereocenters. The summed E-state index contributed by atoms with van der Waals surface area (Å²) in [6.45, 7) is 0.170. The Labute approximate surface area is 162 Å². The molecule has 1 unspecified atom stereocenters. The molecular weight excluding hydrogens is 352 g/mol. The fourth-order valence-electron chi connectivity index (χ4n) is 3.10. The fraction of sp³-hybridized carbons (Fsp3) is 0.143. The minimum atomic E-state index is -0.543. The van der Waals surface area contributed by atoms with Crippen LogP contribution in [-0.2, 0) is 11.2 Å². The Bertz CT molecular complexity index is 1040. The summed E-state index contributed by atoms with van der Waals surface area (Å²) in [6, 6.07) is 17.0. The van der Waals surface area contributed by atoms with Crippen LogP contribution < -0.4 is 5.73 Å². The van der Waals surface area contributed by atoms with Gasteiger partial charge in [-0.25, -0.2) is 4.68 Å². The molecule has 2 heterocycles. The number of Topliss-reactive ketones (excluding diaryl/α,β-unsaturated/α-hetero) is 1. The lowest BCUT2D eigenvalue weighted by molar-refractivity contribution is -0.121. The van der Waals surface area contributed by atoms with E-state index in [1.807, 2.05) is 60.8 Å². The van der Waals surface area contributed by atoms with Gasteiger partial charge >= 0.3 is 0 Å². The first-order chi connectivity index (χ1) is 13.7. The largest absolute Gasteiger partial charge is 0.328 e. The maximum atomic E-state index is 12.8. The topological polar surface area (TPSA) is 102 Å². The van der Waals surface area contributed by atoms with Crippen LogP contribution in [0.2, 0.25) is 0 Å². The number of ketones is 1. The van der Waals surface area contributed by atoms with E-state index in [1.165, 1.54) is 0 Å². The molecule has 0 radical (unpaired) electrons. The van der Waals surface area contributed by atoms with E-state index in [9.17, 15) is 4.79 Å². The Morgan fingerprint density at radius 1 is 1.04 bits per heavy atom. The van der Waals surface area contributed by atoms with Gasteiger partial charge in [0, 0.05) is 30.3 Å². The molecule has 0 fully saturated rings. The van der Waals surface area contributed by atoms with Crippen molar-refractivity contribution < 1.29 is 4.79 Å². The summed E-state index contributed by atoms with van der Waals surface area (Å²) >= 11 is 0. The SMILES string of the molecule is NCC(C(=O)Cc1ccc(-c2cn[nH]c2)cc1)n1cc(-c2ccccc2)nn1. The van der Waals surface area contributed by atoms with Crippen LogP contribution in [0.3, 0.4) is 0 Å². The van der Waals surface area contributed by atoms with Crippen LogP contribution in [-0.4, -0.2) is 37.5 Å². The minimum Gasteiger partial charge on any atom is -0.328 e. The van der Waals surface area contributed by atoms with Crippen LogP contribution in [0.4, 0.5) is 0 Å². The van der Waals surface area contributed by atoms with Crippen molar-refractivity contribution in [1.82, 2.24) is 25.2 Å². The number of nitrogens with two attached hydrogens (primary N) is 1. The van der Waals surface area contributed by atoms with E-state index in [1.54, 1.807) is 17.1 Å². The Morgan fingerprint density at radius 3 is 2.50 bits per heavy atom. The Hall–Kier alpha value is -3.58. The number of aromatic nitrogens is 5. The van der Waals surface area contributed by atoms with Crippen molar-refractivity contribution in [2.45, 2.75) is 12.5 Å². The molecule has 7 nitrogen and oxygen atoms in total. The van der Waals surface area contributed by atoms with Crippen LogP contribution in [0.25, 0.3) is 22.4 Å². The van der Waals surface area contributed by atoms with E-state index in [4.69, 9.17) is 5.73 Å². The van der Waals surface area contributed by atoms with E-state index in [2.05, 4.69) is 20.5 Å². The quantitative estimate of drug-likeness (QED) is 0.519. The molecule has 0 bridgehead atoms. The second-order valence-electron chi connectivity index (χ2n) is 6.53. The zero-order chi connectivity index (χ0) is 19.3. The number of hydrogen-bond donors (Lipinski definition) is 2. The third kappa shape index (κ3) is 3.74. The highest BCUT2D eigenvalue weighted by Crippen LogP contribution is 2.20. The standard InChI is InChI=1S/C21H20N6O/c22-11-20(27-14-19(25-26-27)17-4-2-1-3-5-17)21(28)10-15-6-8-16(9-7-15)18-12-23-24-13-18/h1-9,12-14,20H,10-11,22H2,(H,23,24). The van der Waals surface area contributed by atoms with Crippen LogP contribution in [0, 0.1) is 0 Å². The highest BCUT2D eigenvalue weighted by atomic mass is 16.1. The molecule has 0 amide bonds. The van der Waals surface area contributed by atoms with Crippen molar-refractivity contribution in [1.29, 1.82) is 0 Å². The van der Waals surface area contributed by atoms with Crippen molar-refractivity contribution in [3.63, 3.8) is 0 Å². The molecule has 7 heteroatoms. The second-order valence-corrected chi connectivity index (χ2v) is 6.53. The van der Waals surface area contributed by atoms with Gasteiger partial charge < -0.3 is 5.73 Å². The zero-order valence-electron chi connectivity index (χ0n) is 15.2. The molecule has 2 aromatic heterocycles. The number of rotatable bonds is 7. The molecule has 0 aliphatic rings. The van der Waals surface area contributed by atoms with E-state index < -0.39 is 6.04 Å². The first-order valence-electron chi connectivity index (χ1n) is 9.02. The summed E-state index contributed by atoms with van der Waals surface area (Å²) in [5.41, 5.74) is 10.5. The second kappa shape index (κ2) is 7.98. The van der Waals surface area contributed by atoms with Gasteiger partial charge in [0.15, 0.2) is 5.78 Å². The van der Waals surface area contributed by atoms with Gasteiger partial charge in [-0.1, -0.05) is 59.8 Å². The molecular formula is C21H20N6O. The molecule has 4 rings (SSSR count). The smallest absolute Gasteiger partial charge is 0.163 e. The summed E-state index contributed by atoms with van der Waals surface area (Å²) < 4.78 is 1.56. The normalized spacial score (nSPS) is 12.0. The molecule has 0 saturated heterocycles. The number of nitrogens with zero attached hydrogens (tertiary/aromatic N) is 4. The van der Waals surface area contributed by atoms with Gasteiger partial charge in [-0.2, -0.15) is 5.10 Å². The fourth-order valence-corrected chi connectivity index (χ4v) is 3.10. The molecule has 3 N–H and O–H groups in total. The zero-order valence-corrected chi connectivity index (χ0v) is 15.2. The van der Waals surface area contributed by atoms with Gasteiger partial charge in [-0.05, 0) is 11.1 Å². The lowest BCUT2D eigenvalue weighted by Gasteiger charge is -2.13. The average molecular weight is 372 g/mol.